The van der Waals surface area contributed by atoms with Crippen molar-refractivity contribution in [2.24, 2.45) is 0 Å². The predicted molar refractivity (Wildman–Crippen MR) is 177 cm³/mol. The van der Waals surface area contributed by atoms with Crippen LogP contribution in [0.25, 0.3) is 56.0 Å². The molecule has 5 aromatic heterocycles. The topological polar surface area (TPSA) is 140 Å². The monoisotopic (exact) mass is 612 g/mol. The second-order valence-electron chi connectivity index (χ2n) is 11.1. The molecular weight excluding hydrogens is 583 g/mol. The van der Waals surface area contributed by atoms with Gasteiger partial charge < -0.3 is 20.5 Å². The zero-order valence-electron chi connectivity index (χ0n) is 25.0. The molecule has 46 heavy (non-hydrogen) atoms. The number of fused-ring (bicyclic) bond motifs is 2. The van der Waals surface area contributed by atoms with Crippen molar-refractivity contribution in [1.82, 2.24) is 40.0 Å². The highest BCUT2D eigenvalue weighted by Crippen LogP contribution is 2.33. The van der Waals surface area contributed by atoms with Crippen LogP contribution in [0.4, 0.5) is 15.8 Å². The van der Waals surface area contributed by atoms with Crippen LogP contribution in [0.1, 0.15) is 10.4 Å². The van der Waals surface area contributed by atoms with E-state index in [9.17, 15) is 9.18 Å². The first-order chi connectivity index (χ1) is 22.4. The van der Waals surface area contributed by atoms with Crippen molar-refractivity contribution in [2.45, 2.75) is 0 Å². The summed E-state index contributed by atoms with van der Waals surface area (Å²) in [7, 11) is 3.98. The van der Waals surface area contributed by atoms with Gasteiger partial charge in [0.25, 0.3) is 5.91 Å². The van der Waals surface area contributed by atoms with E-state index in [1.165, 1.54) is 12.1 Å². The van der Waals surface area contributed by atoms with E-state index >= 15 is 0 Å². The third kappa shape index (κ3) is 5.88. The summed E-state index contributed by atoms with van der Waals surface area (Å²) in [6.07, 6.45) is 6.69. The molecular formula is C34H29FN10O. The van der Waals surface area contributed by atoms with E-state index in [0.29, 0.717) is 57.4 Å². The molecule has 0 radical (unpaired) electrons. The number of H-pyrrole nitrogens is 2. The van der Waals surface area contributed by atoms with Crippen molar-refractivity contribution in [1.29, 1.82) is 0 Å². The van der Waals surface area contributed by atoms with Gasteiger partial charge in [-0.05, 0) is 68.2 Å². The van der Waals surface area contributed by atoms with Crippen molar-refractivity contribution in [3.63, 3.8) is 0 Å². The first kappa shape index (κ1) is 28.7. The first-order valence-electron chi connectivity index (χ1n) is 14.6. The number of aromatic amines is 2. The van der Waals surface area contributed by atoms with Crippen LogP contribution in [0.5, 0.6) is 0 Å². The van der Waals surface area contributed by atoms with E-state index in [-0.39, 0.29) is 11.7 Å². The van der Waals surface area contributed by atoms with Crippen LogP contribution in [-0.4, -0.2) is 73.1 Å². The molecule has 12 heteroatoms. The van der Waals surface area contributed by atoms with Gasteiger partial charge in [-0.3, -0.25) is 14.9 Å². The Morgan fingerprint density at radius 1 is 0.891 bits per heavy atom. The highest BCUT2D eigenvalue weighted by molar-refractivity contribution is 6.04. The average molecular weight is 613 g/mol. The van der Waals surface area contributed by atoms with Crippen LogP contribution >= 0.6 is 0 Å². The van der Waals surface area contributed by atoms with E-state index < -0.39 is 0 Å². The number of benzene rings is 2. The minimum atomic E-state index is -0.347. The number of nitrogens with one attached hydrogen (secondary N) is 4. The fraction of sp³-hybridized carbons (Fsp3) is 0.118. The summed E-state index contributed by atoms with van der Waals surface area (Å²) in [5.74, 6) is -0.0817. The van der Waals surface area contributed by atoms with Crippen molar-refractivity contribution in [2.75, 3.05) is 37.8 Å². The Morgan fingerprint density at radius 2 is 1.72 bits per heavy atom. The van der Waals surface area contributed by atoms with Gasteiger partial charge in [-0.25, -0.2) is 19.3 Å². The molecule has 0 unspecified atom stereocenters. The highest BCUT2D eigenvalue weighted by atomic mass is 19.1. The number of carbonyl (C=O) groups is 1. The van der Waals surface area contributed by atoms with Crippen molar-refractivity contribution in [3.05, 3.63) is 103 Å². The number of likely N-dealkylation sites (N-methyl/N-ethyl adjacent to an activating group) is 1. The molecule has 2 aromatic carbocycles. The third-order valence-electron chi connectivity index (χ3n) is 7.49. The Hall–Kier alpha value is -6.01. The van der Waals surface area contributed by atoms with Gasteiger partial charge in [-0.15, -0.1) is 0 Å². The van der Waals surface area contributed by atoms with Crippen molar-refractivity contribution in [3.8, 4) is 33.8 Å². The molecule has 0 atom stereocenters. The van der Waals surface area contributed by atoms with Gasteiger partial charge in [0.2, 0.25) is 0 Å². The van der Waals surface area contributed by atoms with Gasteiger partial charge in [-0.1, -0.05) is 18.2 Å². The van der Waals surface area contributed by atoms with Crippen molar-refractivity contribution >= 4 is 39.5 Å². The number of pyridine rings is 3. The van der Waals surface area contributed by atoms with Gasteiger partial charge in [0.05, 0.1) is 17.3 Å². The lowest BCUT2D eigenvalue weighted by molar-refractivity contribution is 0.102. The van der Waals surface area contributed by atoms with E-state index in [1.807, 2.05) is 56.6 Å². The molecule has 0 saturated carbocycles. The number of hydrogen-bond donors (Lipinski definition) is 4. The Balaban J connectivity index is 1.21. The molecule has 4 N–H and O–H groups in total. The Kier molecular flexibility index (Phi) is 7.61. The number of aromatic nitrogens is 7. The molecule has 7 rings (SSSR count). The maximum Gasteiger partial charge on any atom is 0.255 e. The number of carbonyl (C=O) groups excluding carboxylic acids is 1. The summed E-state index contributed by atoms with van der Waals surface area (Å²) in [6, 6.07) is 19.5. The summed E-state index contributed by atoms with van der Waals surface area (Å²) in [5.41, 5.74) is 7.03. The van der Waals surface area contributed by atoms with Crippen LogP contribution in [-0.2, 0) is 0 Å². The van der Waals surface area contributed by atoms with Crippen molar-refractivity contribution < 1.29 is 9.18 Å². The molecule has 0 fully saturated rings. The summed E-state index contributed by atoms with van der Waals surface area (Å²) >= 11 is 0. The highest BCUT2D eigenvalue weighted by Gasteiger charge is 2.18. The Bertz CT molecular complexity index is 2190. The van der Waals surface area contributed by atoms with E-state index in [0.717, 1.165) is 28.6 Å². The van der Waals surface area contributed by atoms with Gasteiger partial charge >= 0.3 is 0 Å². The summed E-state index contributed by atoms with van der Waals surface area (Å²) < 4.78 is 14.7. The lowest BCUT2D eigenvalue weighted by atomic mass is 10.0. The van der Waals surface area contributed by atoms with Crippen LogP contribution in [0.2, 0.25) is 0 Å². The molecule has 0 aliphatic heterocycles. The third-order valence-corrected chi connectivity index (χ3v) is 7.49. The van der Waals surface area contributed by atoms with E-state index in [2.05, 4.69) is 45.7 Å². The Labute approximate surface area is 263 Å². The number of hydrogen-bond acceptors (Lipinski definition) is 8. The maximum absolute atomic E-state index is 14.7. The Morgan fingerprint density at radius 3 is 2.57 bits per heavy atom. The van der Waals surface area contributed by atoms with Crippen LogP contribution in [0, 0.1) is 5.82 Å². The molecule has 228 valence electrons. The molecule has 0 bridgehead atoms. The summed E-state index contributed by atoms with van der Waals surface area (Å²) in [5, 5.41) is 14.4. The zero-order chi connectivity index (χ0) is 31.6. The predicted octanol–water partition coefficient (Wildman–Crippen LogP) is 5.99. The quantitative estimate of drug-likeness (QED) is 0.156. The standard InChI is InChI=1S/C34H29FN10O/c1-45(2)11-10-37-25-13-21(12-24(35)16-25)27-8-9-38-32-29(27)41-33(42-32)30-28-15-23(18-39-31(28)44-43-30)22-14-26(19-36-17-22)40-34(46)20-6-4-3-5-7-20/h3-9,12-19,37H,10-11H2,1-2H3,(H,40,46)(H,38,41,42)(H,39,43,44). The second kappa shape index (κ2) is 12.2. The number of imidazole rings is 1. The number of rotatable bonds is 9. The van der Waals surface area contributed by atoms with E-state index in [1.54, 1.807) is 36.9 Å². The molecule has 0 aliphatic carbocycles. The minimum Gasteiger partial charge on any atom is -0.384 e. The largest absolute Gasteiger partial charge is 0.384 e. The lowest BCUT2D eigenvalue weighted by Gasteiger charge is -2.12. The molecule has 1 amide bonds. The first-order valence-corrected chi connectivity index (χ1v) is 14.6. The number of nitrogens with zero attached hydrogens (tertiary/aromatic N) is 6. The zero-order valence-corrected chi connectivity index (χ0v) is 25.0. The van der Waals surface area contributed by atoms with Crippen LogP contribution in [0.3, 0.4) is 0 Å². The molecule has 0 spiro atoms. The second-order valence-corrected chi connectivity index (χ2v) is 11.1. The number of anilines is 2. The number of halogens is 1. The van der Waals surface area contributed by atoms with Crippen LogP contribution in [0.15, 0.2) is 91.5 Å². The maximum atomic E-state index is 14.7. The molecule has 0 saturated heterocycles. The summed E-state index contributed by atoms with van der Waals surface area (Å²) in [4.78, 5) is 36.3. The van der Waals surface area contributed by atoms with Gasteiger partial charge in [-0.2, -0.15) is 5.10 Å². The smallest absolute Gasteiger partial charge is 0.255 e. The van der Waals surface area contributed by atoms with E-state index in [4.69, 9.17) is 4.98 Å². The number of amides is 1. The van der Waals surface area contributed by atoms with Gasteiger partial charge in [0, 0.05) is 59.6 Å². The lowest BCUT2D eigenvalue weighted by Crippen LogP contribution is -2.20. The minimum absolute atomic E-state index is 0.224. The fourth-order valence-electron chi connectivity index (χ4n) is 5.23. The van der Waals surface area contributed by atoms with Crippen LogP contribution < -0.4 is 10.6 Å². The average Bonchev–Trinajstić information content (AvgIpc) is 3.69. The summed E-state index contributed by atoms with van der Waals surface area (Å²) in [6.45, 7) is 1.49. The molecule has 0 aliphatic rings. The van der Waals surface area contributed by atoms with Gasteiger partial charge in [0.15, 0.2) is 17.1 Å². The molecule has 7 aromatic rings. The fourth-order valence-corrected chi connectivity index (χ4v) is 5.23. The molecule has 5 heterocycles. The SMILES string of the molecule is CN(C)CCNc1cc(F)cc(-c2ccnc3[nH]c(-c4n[nH]c5ncc(-c6cncc(NC(=O)c7ccccc7)c6)cc45)nc23)c1. The molecule has 11 nitrogen and oxygen atoms in total. The normalized spacial score (nSPS) is 11.4. The van der Waals surface area contributed by atoms with Gasteiger partial charge in [0.1, 0.15) is 17.0 Å².